The second kappa shape index (κ2) is 7.33. The number of benzene rings is 1. The predicted molar refractivity (Wildman–Crippen MR) is 92.1 cm³/mol. The van der Waals surface area contributed by atoms with Crippen molar-refractivity contribution in [1.29, 1.82) is 0 Å². The number of sulfonamides is 1. The molecule has 0 unspecified atom stereocenters. The summed E-state index contributed by atoms with van der Waals surface area (Å²) in [6.45, 7) is 2.39. The van der Waals surface area contributed by atoms with Gasteiger partial charge in [0.1, 0.15) is 0 Å². The number of nitrogens with zero attached hydrogens (tertiary/aromatic N) is 2. The Bertz CT molecular complexity index is 690. The van der Waals surface area contributed by atoms with Crippen molar-refractivity contribution in [3.8, 4) is 0 Å². The second-order valence-electron chi connectivity index (χ2n) is 4.66. The summed E-state index contributed by atoms with van der Waals surface area (Å²) in [6.07, 6.45) is 3.38. The summed E-state index contributed by atoms with van der Waals surface area (Å²) < 4.78 is 27.2. The fraction of sp³-hybridized carbons (Fsp3) is 0.267. The highest BCUT2D eigenvalue weighted by Crippen LogP contribution is 2.16. The first kappa shape index (κ1) is 16.4. The van der Waals surface area contributed by atoms with Crippen molar-refractivity contribution in [3.63, 3.8) is 0 Å². The van der Waals surface area contributed by atoms with E-state index in [2.05, 4.69) is 27.6 Å². The number of halogens is 1. The Labute approximate surface area is 139 Å². The van der Waals surface area contributed by atoms with Crippen molar-refractivity contribution in [3.05, 3.63) is 63.5 Å². The van der Waals surface area contributed by atoms with Gasteiger partial charge in [0.15, 0.2) is 0 Å². The number of pyridine rings is 1. The van der Waals surface area contributed by atoms with Gasteiger partial charge >= 0.3 is 0 Å². The van der Waals surface area contributed by atoms with E-state index in [4.69, 9.17) is 0 Å². The van der Waals surface area contributed by atoms with Crippen LogP contribution in [0.15, 0.2) is 48.8 Å². The van der Waals surface area contributed by atoms with Gasteiger partial charge < -0.3 is 0 Å². The van der Waals surface area contributed by atoms with Gasteiger partial charge in [-0.2, -0.15) is 4.31 Å². The third kappa shape index (κ3) is 4.76. The lowest BCUT2D eigenvalue weighted by atomic mass is 10.2. The molecule has 1 heterocycles. The molecule has 0 saturated carbocycles. The van der Waals surface area contributed by atoms with Crippen LogP contribution in [0.4, 0.5) is 0 Å². The van der Waals surface area contributed by atoms with Gasteiger partial charge in [0, 0.05) is 29.1 Å². The Morgan fingerprint density at radius 3 is 2.48 bits per heavy atom. The minimum atomic E-state index is -3.27. The number of hydrogen-bond donors (Lipinski definition) is 0. The molecule has 4 nitrogen and oxygen atoms in total. The highest BCUT2D eigenvalue weighted by atomic mass is 127. The van der Waals surface area contributed by atoms with Gasteiger partial charge in [0.05, 0.1) is 5.75 Å². The fourth-order valence-corrected chi connectivity index (χ4v) is 3.63. The first-order chi connectivity index (χ1) is 10.0. The summed E-state index contributed by atoms with van der Waals surface area (Å²) in [5.41, 5.74) is 1.88. The Hall–Kier alpha value is -0.990. The molecule has 0 aliphatic carbocycles. The van der Waals surface area contributed by atoms with Gasteiger partial charge in [-0.3, -0.25) is 4.98 Å². The van der Waals surface area contributed by atoms with Crippen LogP contribution in [0.3, 0.4) is 0 Å². The third-order valence-electron chi connectivity index (χ3n) is 3.09. The minimum Gasteiger partial charge on any atom is -0.264 e. The topological polar surface area (TPSA) is 50.3 Å². The molecular weight excluding hydrogens is 399 g/mol. The van der Waals surface area contributed by atoms with E-state index in [1.165, 1.54) is 4.31 Å². The van der Waals surface area contributed by atoms with Crippen LogP contribution in [0.5, 0.6) is 0 Å². The molecular formula is C15H17IN2O2S. The van der Waals surface area contributed by atoms with Gasteiger partial charge in [-0.05, 0) is 58.8 Å². The van der Waals surface area contributed by atoms with Crippen LogP contribution >= 0.6 is 22.6 Å². The molecule has 2 aromatic rings. The zero-order chi connectivity index (χ0) is 15.3. The molecule has 0 radical (unpaired) electrons. The first-order valence-electron chi connectivity index (χ1n) is 6.62. The van der Waals surface area contributed by atoms with E-state index in [0.717, 1.165) is 14.7 Å². The Morgan fingerprint density at radius 1 is 1.14 bits per heavy atom. The molecule has 6 heteroatoms. The number of aromatic nitrogens is 1. The highest BCUT2D eigenvalue weighted by Gasteiger charge is 2.20. The molecule has 0 aliphatic rings. The van der Waals surface area contributed by atoms with E-state index < -0.39 is 10.0 Å². The zero-order valence-corrected chi connectivity index (χ0v) is 14.7. The summed E-state index contributed by atoms with van der Waals surface area (Å²) in [7, 11) is -3.27. The van der Waals surface area contributed by atoms with Crippen LogP contribution in [0, 0.1) is 3.57 Å². The van der Waals surface area contributed by atoms with Gasteiger partial charge in [-0.25, -0.2) is 8.42 Å². The van der Waals surface area contributed by atoms with E-state index in [1.807, 2.05) is 36.4 Å². The van der Waals surface area contributed by atoms with Gasteiger partial charge in [-0.15, -0.1) is 0 Å². The minimum absolute atomic E-state index is 0.0944. The van der Waals surface area contributed by atoms with Crippen molar-refractivity contribution < 1.29 is 8.42 Å². The monoisotopic (exact) mass is 416 g/mol. The maximum absolute atomic E-state index is 12.3. The second-order valence-corrected chi connectivity index (χ2v) is 8.16. The quantitative estimate of drug-likeness (QED) is 0.681. The Morgan fingerprint density at radius 2 is 1.86 bits per heavy atom. The van der Waals surface area contributed by atoms with E-state index >= 15 is 0 Å². The van der Waals surface area contributed by atoms with Crippen LogP contribution in [-0.2, 0) is 23.1 Å². The van der Waals surface area contributed by atoms with Crippen molar-refractivity contribution >= 4 is 32.6 Å². The SMILES string of the molecule is CCS(=O)(=O)N(Cc1cccnc1)Cc1cccc(I)c1. The maximum Gasteiger partial charge on any atom is 0.214 e. The van der Waals surface area contributed by atoms with Crippen molar-refractivity contribution in [2.75, 3.05) is 5.75 Å². The first-order valence-corrected chi connectivity index (χ1v) is 9.31. The van der Waals surface area contributed by atoms with Gasteiger partial charge in [-0.1, -0.05) is 18.2 Å². The standard InChI is InChI=1S/C15H17IN2O2S/c1-2-21(19,20)18(12-14-6-4-8-17-10-14)11-13-5-3-7-15(16)9-13/h3-10H,2,11-12H2,1H3. The van der Waals surface area contributed by atoms with Crippen LogP contribution in [0.2, 0.25) is 0 Å². The molecule has 0 amide bonds. The smallest absolute Gasteiger partial charge is 0.214 e. The summed E-state index contributed by atoms with van der Waals surface area (Å²) in [6, 6.07) is 11.6. The predicted octanol–water partition coefficient (Wildman–Crippen LogP) is 3.04. The van der Waals surface area contributed by atoms with Crippen molar-refractivity contribution in [1.82, 2.24) is 9.29 Å². The lowest BCUT2D eigenvalue weighted by Crippen LogP contribution is -2.31. The average Bonchev–Trinajstić information content (AvgIpc) is 2.48. The Balaban J connectivity index is 2.25. The molecule has 0 atom stereocenters. The molecule has 0 saturated heterocycles. The molecule has 21 heavy (non-hydrogen) atoms. The van der Waals surface area contributed by atoms with Crippen LogP contribution in [0.1, 0.15) is 18.1 Å². The van der Waals surface area contributed by atoms with Gasteiger partial charge in [0.25, 0.3) is 0 Å². The normalized spacial score (nSPS) is 11.8. The van der Waals surface area contributed by atoms with E-state index in [0.29, 0.717) is 13.1 Å². The molecule has 0 fully saturated rings. The lowest BCUT2D eigenvalue weighted by molar-refractivity contribution is 0.401. The van der Waals surface area contributed by atoms with Crippen LogP contribution in [0.25, 0.3) is 0 Å². The molecule has 0 spiro atoms. The number of rotatable bonds is 6. The van der Waals surface area contributed by atoms with E-state index in [-0.39, 0.29) is 5.75 Å². The number of hydrogen-bond acceptors (Lipinski definition) is 3. The van der Waals surface area contributed by atoms with E-state index in [1.54, 1.807) is 19.3 Å². The molecule has 0 aliphatic heterocycles. The van der Waals surface area contributed by atoms with Gasteiger partial charge in [0.2, 0.25) is 10.0 Å². The molecule has 1 aromatic heterocycles. The highest BCUT2D eigenvalue weighted by molar-refractivity contribution is 14.1. The maximum atomic E-state index is 12.3. The fourth-order valence-electron chi connectivity index (χ4n) is 1.97. The molecule has 112 valence electrons. The van der Waals surface area contributed by atoms with Crippen LogP contribution in [-0.4, -0.2) is 23.5 Å². The lowest BCUT2D eigenvalue weighted by Gasteiger charge is -2.21. The van der Waals surface area contributed by atoms with Crippen molar-refractivity contribution in [2.24, 2.45) is 0 Å². The summed E-state index contributed by atoms with van der Waals surface area (Å²) in [5.74, 6) is 0.0944. The average molecular weight is 416 g/mol. The molecule has 0 N–H and O–H groups in total. The summed E-state index contributed by atoms with van der Waals surface area (Å²) in [4.78, 5) is 4.04. The summed E-state index contributed by atoms with van der Waals surface area (Å²) >= 11 is 2.23. The van der Waals surface area contributed by atoms with E-state index in [9.17, 15) is 8.42 Å². The Kier molecular flexibility index (Phi) is 5.72. The van der Waals surface area contributed by atoms with Crippen LogP contribution < -0.4 is 0 Å². The summed E-state index contributed by atoms with van der Waals surface area (Å²) in [5, 5.41) is 0. The largest absolute Gasteiger partial charge is 0.264 e. The molecule has 2 rings (SSSR count). The molecule has 1 aromatic carbocycles. The van der Waals surface area contributed by atoms with Crippen molar-refractivity contribution in [2.45, 2.75) is 20.0 Å². The zero-order valence-electron chi connectivity index (χ0n) is 11.7. The molecule has 0 bridgehead atoms. The third-order valence-corrected chi connectivity index (χ3v) is 5.53.